The van der Waals surface area contributed by atoms with Crippen LogP contribution in [-0.4, -0.2) is 34.7 Å². The van der Waals surface area contributed by atoms with Gasteiger partial charge in [-0.2, -0.15) is 0 Å². The van der Waals surface area contributed by atoms with Gasteiger partial charge in [0.1, 0.15) is 23.4 Å². The number of pyridine rings is 1. The number of nitrogens with one attached hydrogen (secondary N) is 1. The van der Waals surface area contributed by atoms with E-state index in [1.165, 1.54) is 0 Å². The molecule has 0 aliphatic heterocycles. The highest BCUT2D eigenvalue weighted by Gasteiger charge is 2.24. The zero-order valence-electron chi connectivity index (χ0n) is 19.6. The van der Waals surface area contributed by atoms with Crippen molar-refractivity contribution in [1.82, 2.24) is 19.9 Å². The van der Waals surface area contributed by atoms with Crippen LogP contribution in [0.5, 0.6) is 11.5 Å². The van der Waals surface area contributed by atoms with Gasteiger partial charge in [0.15, 0.2) is 0 Å². The fourth-order valence-corrected chi connectivity index (χ4v) is 4.76. The number of benzene rings is 2. The zero-order valence-corrected chi connectivity index (χ0v) is 20.4. The van der Waals surface area contributed by atoms with Crippen molar-refractivity contribution < 1.29 is 14.3 Å². The average molecular weight is 485 g/mol. The average Bonchev–Trinajstić information content (AvgIpc) is 3.58. The third-order valence-electron chi connectivity index (χ3n) is 5.83. The molecule has 1 atom stereocenters. The molecule has 3 heterocycles. The van der Waals surface area contributed by atoms with E-state index < -0.39 is 6.04 Å². The molecule has 0 bridgehead atoms. The number of aryl methyl sites for hydroxylation is 1. The second kappa shape index (κ2) is 9.60. The molecule has 1 unspecified atom stereocenters. The van der Waals surface area contributed by atoms with E-state index in [0.717, 1.165) is 27.0 Å². The lowest BCUT2D eigenvalue weighted by molar-refractivity contribution is 0.0942. The third-order valence-corrected chi connectivity index (χ3v) is 6.73. The largest absolute Gasteiger partial charge is 0.497 e. The van der Waals surface area contributed by atoms with Gasteiger partial charge in [-0.1, -0.05) is 24.3 Å². The first-order chi connectivity index (χ1) is 17.1. The number of para-hydroxylation sites is 1. The molecule has 0 saturated carbocycles. The summed E-state index contributed by atoms with van der Waals surface area (Å²) < 4.78 is 12.8. The summed E-state index contributed by atoms with van der Waals surface area (Å²) >= 11 is 1.59. The lowest BCUT2D eigenvalue weighted by Crippen LogP contribution is -2.31. The quantitative estimate of drug-likeness (QED) is 0.342. The van der Waals surface area contributed by atoms with Crippen molar-refractivity contribution in [2.24, 2.45) is 7.05 Å². The first-order valence-electron chi connectivity index (χ1n) is 11.0. The Morgan fingerprint density at radius 2 is 1.80 bits per heavy atom. The highest BCUT2D eigenvalue weighted by atomic mass is 32.1. The maximum absolute atomic E-state index is 13.8. The predicted octanol–water partition coefficient (Wildman–Crippen LogP) is 5.23. The van der Waals surface area contributed by atoms with Gasteiger partial charge >= 0.3 is 0 Å². The number of methoxy groups -OCH3 is 2. The van der Waals surface area contributed by atoms with Crippen LogP contribution in [0, 0.1) is 0 Å². The molecule has 5 rings (SSSR count). The van der Waals surface area contributed by atoms with Crippen LogP contribution in [0.15, 0.2) is 78.4 Å². The second-order valence-electron chi connectivity index (χ2n) is 8.00. The molecular formula is C27H24N4O3S. The first kappa shape index (κ1) is 22.6. The number of nitrogens with zero attached hydrogens (tertiary/aromatic N) is 3. The fraction of sp³-hybridized carbons (Fsp3) is 0.148. The van der Waals surface area contributed by atoms with Crippen molar-refractivity contribution in [3.05, 3.63) is 95.4 Å². The normalized spacial score (nSPS) is 11.9. The molecular weight excluding hydrogens is 460 g/mol. The van der Waals surface area contributed by atoms with Crippen LogP contribution >= 0.6 is 11.3 Å². The SMILES string of the molecule is COc1cc(OC)cc(C(NC(=O)c2cc(-c3cccs3)nc3ccccc23)c2nccn2C)c1. The number of aromatic nitrogens is 3. The Morgan fingerprint density at radius 3 is 2.46 bits per heavy atom. The number of carbonyl (C=O) groups excluding carboxylic acids is 1. The minimum atomic E-state index is -0.538. The van der Waals surface area contributed by atoms with Crippen LogP contribution in [-0.2, 0) is 7.05 Å². The molecule has 1 N–H and O–H groups in total. The van der Waals surface area contributed by atoms with Crippen molar-refractivity contribution in [3.8, 4) is 22.1 Å². The molecule has 0 fully saturated rings. The number of ether oxygens (including phenoxy) is 2. The minimum Gasteiger partial charge on any atom is -0.497 e. The summed E-state index contributed by atoms with van der Waals surface area (Å²) in [5, 5.41) is 5.99. The zero-order chi connectivity index (χ0) is 24.4. The van der Waals surface area contributed by atoms with Gasteiger partial charge < -0.3 is 19.4 Å². The molecule has 35 heavy (non-hydrogen) atoms. The maximum Gasteiger partial charge on any atom is 0.252 e. The Kier molecular flexibility index (Phi) is 6.20. The van der Waals surface area contributed by atoms with Crippen molar-refractivity contribution in [2.75, 3.05) is 14.2 Å². The summed E-state index contributed by atoms with van der Waals surface area (Å²) in [5.41, 5.74) is 2.87. The topological polar surface area (TPSA) is 78.3 Å². The van der Waals surface area contributed by atoms with Crippen LogP contribution in [0.4, 0.5) is 0 Å². The predicted molar refractivity (Wildman–Crippen MR) is 137 cm³/mol. The molecule has 0 radical (unpaired) electrons. The summed E-state index contributed by atoms with van der Waals surface area (Å²) in [7, 11) is 5.10. The van der Waals surface area contributed by atoms with Crippen molar-refractivity contribution in [3.63, 3.8) is 0 Å². The van der Waals surface area contributed by atoms with Crippen molar-refractivity contribution >= 4 is 28.1 Å². The molecule has 1 amide bonds. The summed E-state index contributed by atoms with van der Waals surface area (Å²) in [6.45, 7) is 0. The second-order valence-corrected chi connectivity index (χ2v) is 8.95. The molecule has 176 valence electrons. The van der Waals surface area contributed by atoms with E-state index in [1.807, 2.05) is 77.8 Å². The maximum atomic E-state index is 13.8. The van der Waals surface area contributed by atoms with Gasteiger partial charge in [-0.15, -0.1) is 11.3 Å². The van der Waals surface area contributed by atoms with Gasteiger partial charge in [-0.05, 0) is 41.3 Å². The van der Waals surface area contributed by atoms with Crippen LogP contribution < -0.4 is 14.8 Å². The van der Waals surface area contributed by atoms with Gasteiger partial charge in [0.2, 0.25) is 0 Å². The molecule has 0 spiro atoms. The number of carbonyl (C=O) groups is 1. The molecule has 0 aliphatic rings. The fourth-order valence-electron chi connectivity index (χ4n) is 4.07. The Labute approximate surface area is 207 Å². The third kappa shape index (κ3) is 4.48. The molecule has 2 aromatic carbocycles. The van der Waals surface area contributed by atoms with Gasteiger partial charge in [0.05, 0.1) is 35.9 Å². The Bertz CT molecular complexity index is 1470. The Hall–Kier alpha value is -4.17. The first-order valence-corrected chi connectivity index (χ1v) is 11.9. The van der Waals surface area contributed by atoms with Crippen molar-refractivity contribution in [1.29, 1.82) is 0 Å². The van der Waals surface area contributed by atoms with Crippen LogP contribution in [0.25, 0.3) is 21.5 Å². The lowest BCUT2D eigenvalue weighted by atomic mass is 10.0. The van der Waals surface area contributed by atoms with Gasteiger partial charge in [-0.25, -0.2) is 9.97 Å². The molecule has 0 saturated heterocycles. The summed E-state index contributed by atoms with van der Waals surface area (Å²) in [4.78, 5) is 24.2. The Morgan fingerprint density at radius 1 is 1.03 bits per heavy atom. The molecule has 0 aliphatic carbocycles. The number of amides is 1. The van der Waals surface area contributed by atoms with Crippen LogP contribution in [0.2, 0.25) is 0 Å². The van der Waals surface area contributed by atoms with Crippen LogP contribution in [0.1, 0.15) is 27.8 Å². The lowest BCUT2D eigenvalue weighted by Gasteiger charge is -2.21. The van der Waals surface area contributed by atoms with E-state index >= 15 is 0 Å². The highest BCUT2D eigenvalue weighted by Crippen LogP contribution is 2.31. The highest BCUT2D eigenvalue weighted by molar-refractivity contribution is 7.13. The van der Waals surface area contributed by atoms with E-state index in [-0.39, 0.29) is 5.91 Å². The van der Waals surface area contributed by atoms with E-state index in [0.29, 0.717) is 22.9 Å². The number of hydrogen-bond acceptors (Lipinski definition) is 6. The van der Waals surface area contributed by atoms with E-state index in [4.69, 9.17) is 14.5 Å². The number of thiophene rings is 1. The summed E-state index contributed by atoms with van der Waals surface area (Å²) in [6, 6.07) is 18.5. The molecule has 7 nitrogen and oxygen atoms in total. The number of imidazole rings is 1. The van der Waals surface area contributed by atoms with E-state index in [1.54, 1.807) is 37.8 Å². The minimum absolute atomic E-state index is 0.226. The van der Waals surface area contributed by atoms with E-state index in [2.05, 4.69) is 10.3 Å². The molecule has 8 heteroatoms. The number of fused-ring (bicyclic) bond motifs is 1. The van der Waals surface area contributed by atoms with E-state index in [9.17, 15) is 4.79 Å². The summed E-state index contributed by atoms with van der Waals surface area (Å²) in [5.74, 6) is 1.71. The number of rotatable bonds is 7. The standard InChI is InChI=1S/C27H24N4O3S/c1-31-11-10-28-26(31)25(17-13-18(33-2)15-19(14-17)34-3)30-27(32)21-16-23(24-9-6-12-35-24)29-22-8-5-4-7-20(21)22/h4-16,25H,1-3H3,(H,30,32). The monoisotopic (exact) mass is 484 g/mol. The van der Waals surface area contributed by atoms with Gasteiger partial charge in [0.25, 0.3) is 5.91 Å². The van der Waals surface area contributed by atoms with Crippen LogP contribution in [0.3, 0.4) is 0 Å². The Balaban J connectivity index is 1.61. The summed E-state index contributed by atoms with van der Waals surface area (Å²) in [6.07, 6.45) is 3.56. The smallest absolute Gasteiger partial charge is 0.252 e. The van der Waals surface area contributed by atoms with Gasteiger partial charge in [0, 0.05) is 30.9 Å². The molecule has 3 aromatic heterocycles. The molecule has 5 aromatic rings. The number of hydrogen-bond donors (Lipinski definition) is 1. The van der Waals surface area contributed by atoms with Gasteiger partial charge in [-0.3, -0.25) is 4.79 Å². The van der Waals surface area contributed by atoms with Crippen molar-refractivity contribution in [2.45, 2.75) is 6.04 Å².